The van der Waals surface area contributed by atoms with E-state index in [9.17, 15) is 0 Å². The summed E-state index contributed by atoms with van der Waals surface area (Å²) in [6, 6.07) is 8.50. The first-order valence-electron chi connectivity index (χ1n) is 6.71. The van der Waals surface area contributed by atoms with E-state index in [2.05, 4.69) is 55.3 Å². The predicted molar refractivity (Wildman–Crippen MR) is 77.5 cm³/mol. The van der Waals surface area contributed by atoms with E-state index in [1.165, 1.54) is 16.3 Å². The third-order valence-electron chi connectivity index (χ3n) is 3.69. The monoisotopic (exact) mass is 242 g/mol. The van der Waals surface area contributed by atoms with Crippen molar-refractivity contribution in [2.24, 2.45) is 11.8 Å². The summed E-state index contributed by atoms with van der Waals surface area (Å²) in [5.41, 5.74) is 1.35. The molecule has 0 amide bonds. The van der Waals surface area contributed by atoms with Crippen LogP contribution in [0.3, 0.4) is 0 Å². The standard InChI is InChI=1S/C16H22N2/c1-12(2)13(3)9-18-11-15-6-4-5-14-10-17-8-7-16(14)15/h4-8,10,12-13,18H,9,11H2,1-3H3. The number of aromatic nitrogens is 1. The van der Waals surface area contributed by atoms with E-state index in [4.69, 9.17) is 0 Å². The van der Waals surface area contributed by atoms with E-state index in [0.717, 1.165) is 19.0 Å². The van der Waals surface area contributed by atoms with Crippen molar-refractivity contribution in [3.05, 3.63) is 42.2 Å². The van der Waals surface area contributed by atoms with Crippen LogP contribution in [0, 0.1) is 11.8 Å². The molecular formula is C16H22N2. The van der Waals surface area contributed by atoms with Crippen molar-refractivity contribution in [2.45, 2.75) is 27.3 Å². The van der Waals surface area contributed by atoms with Crippen LogP contribution in [0.5, 0.6) is 0 Å². The third-order valence-corrected chi connectivity index (χ3v) is 3.69. The molecule has 2 rings (SSSR count). The summed E-state index contributed by atoms with van der Waals surface area (Å²) in [4.78, 5) is 4.17. The Labute approximate surface area is 109 Å². The lowest BCUT2D eigenvalue weighted by Gasteiger charge is -2.16. The van der Waals surface area contributed by atoms with Gasteiger partial charge in [-0.15, -0.1) is 0 Å². The van der Waals surface area contributed by atoms with Gasteiger partial charge in [0.25, 0.3) is 0 Å². The molecule has 0 aliphatic carbocycles. The van der Waals surface area contributed by atoms with Crippen molar-refractivity contribution in [3.63, 3.8) is 0 Å². The van der Waals surface area contributed by atoms with Gasteiger partial charge in [0.05, 0.1) is 0 Å². The number of rotatable bonds is 5. The smallest absolute Gasteiger partial charge is 0.0346 e. The Kier molecular flexibility index (Phi) is 4.32. The fourth-order valence-electron chi connectivity index (χ4n) is 2.01. The van der Waals surface area contributed by atoms with Crippen LogP contribution in [0.15, 0.2) is 36.7 Å². The molecule has 0 aliphatic heterocycles. The van der Waals surface area contributed by atoms with Crippen molar-refractivity contribution in [1.82, 2.24) is 10.3 Å². The van der Waals surface area contributed by atoms with Gasteiger partial charge < -0.3 is 5.32 Å². The molecule has 1 heterocycles. The molecule has 1 atom stereocenters. The molecule has 0 saturated carbocycles. The lowest BCUT2D eigenvalue weighted by atomic mass is 9.98. The molecule has 2 heteroatoms. The van der Waals surface area contributed by atoms with Crippen LogP contribution in [0.2, 0.25) is 0 Å². The van der Waals surface area contributed by atoms with E-state index in [0.29, 0.717) is 5.92 Å². The molecule has 0 bridgehead atoms. The molecule has 1 N–H and O–H groups in total. The second-order valence-corrected chi connectivity index (χ2v) is 5.37. The Hall–Kier alpha value is -1.41. The second kappa shape index (κ2) is 5.96. The van der Waals surface area contributed by atoms with Crippen LogP contribution in [0.25, 0.3) is 10.8 Å². The van der Waals surface area contributed by atoms with E-state index in [1.807, 2.05) is 12.4 Å². The average molecular weight is 242 g/mol. The molecule has 18 heavy (non-hydrogen) atoms. The highest BCUT2D eigenvalue weighted by Gasteiger charge is 2.06. The number of nitrogens with one attached hydrogen (secondary N) is 1. The van der Waals surface area contributed by atoms with E-state index < -0.39 is 0 Å². The Balaban J connectivity index is 2.04. The normalized spacial score (nSPS) is 13.1. The minimum atomic E-state index is 0.710. The number of benzene rings is 1. The van der Waals surface area contributed by atoms with Crippen molar-refractivity contribution in [3.8, 4) is 0 Å². The number of hydrogen-bond donors (Lipinski definition) is 1. The highest BCUT2D eigenvalue weighted by molar-refractivity contribution is 5.84. The second-order valence-electron chi connectivity index (χ2n) is 5.37. The quantitative estimate of drug-likeness (QED) is 0.866. The van der Waals surface area contributed by atoms with Crippen molar-refractivity contribution >= 4 is 10.8 Å². The zero-order chi connectivity index (χ0) is 13.0. The van der Waals surface area contributed by atoms with E-state index in [1.54, 1.807) is 0 Å². The van der Waals surface area contributed by atoms with Gasteiger partial charge in [0.2, 0.25) is 0 Å². The van der Waals surface area contributed by atoms with Gasteiger partial charge in [-0.1, -0.05) is 39.0 Å². The van der Waals surface area contributed by atoms with Crippen LogP contribution in [-0.4, -0.2) is 11.5 Å². The van der Waals surface area contributed by atoms with Gasteiger partial charge in [-0.25, -0.2) is 0 Å². The summed E-state index contributed by atoms with van der Waals surface area (Å²) in [5.74, 6) is 1.44. The Morgan fingerprint density at radius 2 is 2.00 bits per heavy atom. The Morgan fingerprint density at radius 3 is 2.78 bits per heavy atom. The minimum absolute atomic E-state index is 0.710. The summed E-state index contributed by atoms with van der Waals surface area (Å²) in [5, 5.41) is 6.07. The Bertz CT molecular complexity index is 500. The van der Waals surface area contributed by atoms with Gasteiger partial charge in [-0.3, -0.25) is 4.98 Å². The third kappa shape index (κ3) is 3.08. The van der Waals surface area contributed by atoms with Gasteiger partial charge in [0.1, 0.15) is 0 Å². The number of nitrogens with zero attached hydrogens (tertiary/aromatic N) is 1. The number of hydrogen-bond acceptors (Lipinski definition) is 2. The first-order chi connectivity index (χ1) is 8.68. The molecule has 0 saturated heterocycles. The van der Waals surface area contributed by atoms with Crippen molar-refractivity contribution < 1.29 is 0 Å². The zero-order valence-electron chi connectivity index (χ0n) is 11.5. The maximum Gasteiger partial charge on any atom is 0.0346 e. The predicted octanol–water partition coefficient (Wildman–Crippen LogP) is 3.62. The molecule has 1 aromatic carbocycles. The number of pyridine rings is 1. The summed E-state index contributed by atoms with van der Waals surface area (Å²) in [6.45, 7) is 8.84. The van der Waals surface area contributed by atoms with Crippen molar-refractivity contribution in [2.75, 3.05) is 6.54 Å². The van der Waals surface area contributed by atoms with Gasteiger partial charge in [0.15, 0.2) is 0 Å². The molecule has 0 spiro atoms. The SMILES string of the molecule is CC(C)C(C)CNCc1cccc2cnccc12. The van der Waals surface area contributed by atoms with E-state index >= 15 is 0 Å². The summed E-state index contributed by atoms with van der Waals surface area (Å²) < 4.78 is 0. The van der Waals surface area contributed by atoms with Crippen LogP contribution >= 0.6 is 0 Å². The zero-order valence-corrected chi connectivity index (χ0v) is 11.5. The van der Waals surface area contributed by atoms with Gasteiger partial charge >= 0.3 is 0 Å². The first kappa shape index (κ1) is 13.0. The first-order valence-corrected chi connectivity index (χ1v) is 6.71. The van der Waals surface area contributed by atoms with Crippen LogP contribution in [0.1, 0.15) is 26.3 Å². The largest absolute Gasteiger partial charge is 0.312 e. The molecule has 2 aromatic rings. The lowest BCUT2D eigenvalue weighted by molar-refractivity contribution is 0.393. The van der Waals surface area contributed by atoms with Crippen LogP contribution in [0.4, 0.5) is 0 Å². The van der Waals surface area contributed by atoms with Gasteiger partial charge in [-0.05, 0) is 35.4 Å². The molecule has 0 radical (unpaired) electrons. The van der Waals surface area contributed by atoms with Gasteiger partial charge in [0, 0.05) is 24.3 Å². The van der Waals surface area contributed by atoms with Crippen molar-refractivity contribution in [1.29, 1.82) is 0 Å². The highest BCUT2D eigenvalue weighted by Crippen LogP contribution is 2.17. The number of fused-ring (bicyclic) bond motifs is 1. The van der Waals surface area contributed by atoms with E-state index in [-0.39, 0.29) is 0 Å². The summed E-state index contributed by atoms with van der Waals surface area (Å²) in [7, 11) is 0. The molecular weight excluding hydrogens is 220 g/mol. The minimum Gasteiger partial charge on any atom is -0.312 e. The average Bonchev–Trinajstić information content (AvgIpc) is 2.38. The molecule has 1 unspecified atom stereocenters. The van der Waals surface area contributed by atoms with Gasteiger partial charge in [-0.2, -0.15) is 0 Å². The summed E-state index contributed by atoms with van der Waals surface area (Å²) >= 11 is 0. The Morgan fingerprint density at radius 1 is 1.17 bits per heavy atom. The molecule has 96 valence electrons. The summed E-state index contributed by atoms with van der Waals surface area (Å²) in [6.07, 6.45) is 3.79. The topological polar surface area (TPSA) is 24.9 Å². The van der Waals surface area contributed by atoms with Crippen LogP contribution in [-0.2, 0) is 6.54 Å². The maximum atomic E-state index is 4.17. The fraction of sp³-hybridized carbons (Fsp3) is 0.438. The lowest BCUT2D eigenvalue weighted by Crippen LogP contribution is -2.23. The maximum absolute atomic E-state index is 4.17. The molecule has 2 nitrogen and oxygen atoms in total. The fourth-order valence-corrected chi connectivity index (χ4v) is 2.01. The highest BCUT2D eigenvalue weighted by atomic mass is 14.9. The molecule has 0 aliphatic rings. The molecule has 0 fully saturated rings. The molecule has 1 aromatic heterocycles. The van der Waals surface area contributed by atoms with Crippen LogP contribution < -0.4 is 5.32 Å².